The van der Waals surface area contributed by atoms with Crippen molar-refractivity contribution in [1.82, 2.24) is 0 Å². The minimum absolute atomic E-state index is 0. The Morgan fingerprint density at radius 2 is 1.26 bits per heavy atom. The summed E-state index contributed by atoms with van der Waals surface area (Å²) in [7, 11) is 0. The maximum absolute atomic E-state index is 2.24. The zero-order chi connectivity index (χ0) is 13.6. The molecule has 0 aliphatic heterocycles. The van der Waals surface area contributed by atoms with Crippen molar-refractivity contribution in [3.8, 4) is 11.1 Å². The summed E-state index contributed by atoms with van der Waals surface area (Å²) in [5, 5.41) is 2.63. The Morgan fingerprint density at radius 3 is 1.83 bits per heavy atom. The number of hydrogen-bond acceptors (Lipinski definition) is 0. The van der Waals surface area contributed by atoms with Crippen molar-refractivity contribution < 1.29 is 51.0 Å². The molecule has 114 valence electrons. The molecule has 0 bridgehead atoms. The average Bonchev–Trinajstić information content (AvgIpc) is 3.20. The third kappa shape index (κ3) is 6.11. The Kier molecular flexibility index (Phi) is 10.8. The van der Waals surface area contributed by atoms with Gasteiger partial charge in [-0.15, -0.1) is 34.5 Å². The molecule has 0 fully saturated rings. The van der Waals surface area contributed by atoms with Gasteiger partial charge in [0.15, 0.2) is 0 Å². The Bertz CT molecular complexity index is 708. The molecule has 0 amide bonds. The van der Waals surface area contributed by atoms with Crippen LogP contribution in [-0.2, 0) is 26.2 Å². The molecule has 0 aliphatic rings. The maximum Gasteiger partial charge on any atom is 4.00 e. The van der Waals surface area contributed by atoms with Crippen molar-refractivity contribution in [1.29, 1.82) is 0 Å². The zero-order valence-corrected chi connectivity index (χ0v) is 16.5. The van der Waals surface area contributed by atoms with E-state index in [2.05, 4.69) is 60.7 Å². The fourth-order valence-corrected chi connectivity index (χ4v) is 2.27. The van der Waals surface area contributed by atoms with Gasteiger partial charge in [-0.3, -0.25) is 0 Å². The van der Waals surface area contributed by atoms with E-state index in [1.165, 1.54) is 21.9 Å². The number of halogens is 2. The normalized spacial score (nSPS) is 8.70. The van der Waals surface area contributed by atoms with E-state index in [4.69, 9.17) is 0 Å². The van der Waals surface area contributed by atoms with E-state index in [9.17, 15) is 0 Å². The summed E-state index contributed by atoms with van der Waals surface area (Å²) in [6, 6.07) is 33.4. The van der Waals surface area contributed by atoms with Gasteiger partial charge in [-0.1, -0.05) is 54.1 Å². The summed E-state index contributed by atoms with van der Waals surface area (Å²) in [4.78, 5) is 0. The molecule has 0 saturated heterocycles. The van der Waals surface area contributed by atoms with Crippen LogP contribution in [0.2, 0.25) is 0 Å². The molecule has 0 nitrogen and oxygen atoms in total. The van der Waals surface area contributed by atoms with E-state index in [0.717, 1.165) is 0 Å². The molecule has 23 heavy (non-hydrogen) atoms. The van der Waals surface area contributed by atoms with Gasteiger partial charge < -0.3 is 24.8 Å². The van der Waals surface area contributed by atoms with Crippen LogP contribution in [0.3, 0.4) is 0 Å². The molecule has 0 heterocycles. The van der Waals surface area contributed by atoms with Crippen LogP contribution in [-0.4, -0.2) is 0 Å². The topological polar surface area (TPSA) is 0 Å². The van der Waals surface area contributed by atoms with Crippen LogP contribution < -0.4 is 24.8 Å². The molecule has 0 aliphatic carbocycles. The number of fused-ring (bicyclic) bond motifs is 1. The van der Waals surface area contributed by atoms with Crippen LogP contribution in [0.4, 0.5) is 0 Å². The number of benzene rings is 2. The summed E-state index contributed by atoms with van der Waals surface area (Å²) in [5.74, 6) is 0. The van der Waals surface area contributed by atoms with Crippen molar-refractivity contribution in [2.75, 3.05) is 0 Å². The van der Waals surface area contributed by atoms with Gasteiger partial charge >= 0.3 is 26.2 Å². The molecule has 0 saturated carbocycles. The Morgan fingerprint density at radius 1 is 0.652 bits per heavy atom. The zero-order valence-electron chi connectivity index (χ0n) is 12.5. The summed E-state index contributed by atoms with van der Waals surface area (Å²) < 4.78 is 0. The first-order valence-electron chi connectivity index (χ1n) is 6.81. The summed E-state index contributed by atoms with van der Waals surface area (Å²) in [5.41, 5.74) is 2.59. The van der Waals surface area contributed by atoms with Gasteiger partial charge in [-0.2, -0.15) is 18.2 Å². The first-order chi connectivity index (χ1) is 9.93. The molecule has 0 atom stereocenters. The van der Waals surface area contributed by atoms with E-state index < -0.39 is 0 Å². The smallest absolute Gasteiger partial charge is 1.00 e. The third-order valence-electron chi connectivity index (χ3n) is 3.28. The summed E-state index contributed by atoms with van der Waals surface area (Å²) in [6.45, 7) is 0. The first kappa shape index (κ1) is 21.9. The van der Waals surface area contributed by atoms with Crippen LogP contribution in [0.25, 0.3) is 21.9 Å². The van der Waals surface area contributed by atoms with E-state index in [0.29, 0.717) is 0 Å². The van der Waals surface area contributed by atoms with Gasteiger partial charge in [0.2, 0.25) is 0 Å². The number of rotatable bonds is 1. The molecule has 4 aromatic carbocycles. The molecule has 0 spiro atoms. The standard InChI is InChI=1S/C15H11.C5H5.2ClH.Zr/c1-2-6-12(7-3-1)15-10-13-8-4-5-9-14(13)11-15;1-2-4-5-3-1;;;/h1-11H;1-5H;2*1H;/q2*-1;;;+4/p-2. The van der Waals surface area contributed by atoms with Crippen molar-refractivity contribution >= 4 is 10.8 Å². The minimum Gasteiger partial charge on any atom is -1.00 e. The molecule has 4 rings (SSSR count). The summed E-state index contributed by atoms with van der Waals surface area (Å²) in [6.07, 6.45) is 0. The molecule has 0 radical (unpaired) electrons. The van der Waals surface area contributed by atoms with Crippen molar-refractivity contribution in [2.45, 2.75) is 0 Å². The second-order valence-corrected chi connectivity index (χ2v) is 4.70. The average molecular weight is 418 g/mol. The van der Waals surface area contributed by atoms with Crippen molar-refractivity contribution in [3.05, 3.63) is 97.1 Å². The second-order valence-electron chi connectivity index (χ2n) is 4.70. The summed E-state index contributed by atoms with van der Waals surface area (Å²) >= 11 is 0. The predicted octanol–water partition coefficient (Wildman–Crippen LogP) is -0.363. The quantitative estimate of drug-likeness (QED) is 0.371. The Balaban J connectivity index is 0.000000529. The second kappa shape index (κ2) is 11.4. The largest absolute Gasteiger partial charge is 4.00 e. The molecule has 0 aromatic heterocycles. The third-order valence-corrected chi connectivity index (χ3v) is 3.28. The van der Waals surface area contributed by atoms with Crippen molar-refractivity contribution in [3.63, 3.8) is 0 Å². The minimum atomic E-state index is 0. The SMILES string of the molecule is [Cl-].[Cl-].[Zr+4].c1cc[cH-]c1.c1ccc(-c2cc3ccccc3[cH-]2)cc1. The molecular formula is C20H16Cl2Zr. The van der Waals surface area contributed by atoms with Crippen LogP contribution >= 0.6 is 0 Å². The Hall–Kier alpha value is -1.14. The molecular weight excluding hydrogens is 402 g/mol. The van der Waals surface area contributed by atoms with Gasteiger partial charge in [-0.05, 0) is 0 Å². The van der Waals surface area contributed by atoms with E-state index >= 15 is 0 Å². The predicted molar refractivity (Wildman–Crippen MR) is 87.0 cm³/mol. The van der Waals surface area contributed by atoms with Crippen molar-refractivity contribution in [2.24, 2.45) is 0 Å². The van der Waals surface area contributed by atoms with Gasteiger partial charge in [0, 0.05) is 0 Å². The van der Waals surface area contributed by atoms with E-state index in [-0.39, 0.29) is 51.0 Å². The van der Waals surface area contributed by atoms with Crippen LogP contribution in [0.15, 0.2) is 97.1 Å². The maximum atomic E-state index is 2.24. The fraction of sp³-hybridized carbons (Fsp3) is 0. The molecule has 0 N–H and O–H groups in total. The molecule has 0 unspecified atom stereocenters. The van der Waals surface area contributed by atoms with Gasteiger partial charge in [0.05, 0.1) is 0 Å². The van der Waals surface area contributed by atoms with Crippen LogP contribution in [0, 0.1) is 0 Å². The number of hydrogen-bond donors (Lipinski definition) is 0. The Labute approximate surface area is 169 Å². The van der Waals surface area contributed by atoms with Gasteiger partial charge in [0.25, 0.3) is 0 Å². The molecule has 4 aromatic rings. The van der Waals surface area contributed by atoms with E-state index in [1.807, 2.05) is 36.4 Å². The first-order valence-corrected chi connectivity index (χ1v) is 6.81. The fourth-order valence-electron chi connectivity index (χ4n) is 2.27. The van der Waals surface area contributed by atoms with Crippen LogP contribution in [0.5, 0.6) is 0 Å². The van der Waals surface area contributed by atoms with Crippen LogP contribution in [0.1, 0.15) is 0 Å². The monoisotopic (exact) mass is 416 g/mol. The molecule has 3 heteroatoms. The van der Waals surface area contributed by atoms with Gasteiger partial charge in [0.1, 0.15) is 0 Å². The van der Waals surface area contributed by atoms with Gasteiger partial charge in [-0.25, -0.2) is 12.1 Å². The van der Waals surface area contributed by atoms with E-state index in [1.54, 1.807) is 0 Å².